The van der Waals surface area contributed by atoms with Gasteiger partial charge in [0.25, 0.3) is 0 Å². The largest absolute Gasteiger partial charge is 0.502 e. The van der Waals surface area contributed by atoms with Gasteiger partial charge in [-0.25, -0.2) is 0 Å². The molecule has 0 spiro atoms. The van der Waals surface area contributed by atoms with Crippen LogP contribution in [0.4, 0.5) is 0 Å². The van der Waals surface area contributed by atoms with Crippen molar-refractivity contribution < 1.29 is 19.7 Å². The Balaban J connectivity index is 2.33. The maximum atomic E-state index is 9.87. The van der Waals surface area contributed by atoms with E-state index in [1.54, 1.807) is 18.2 Å². The highest BCUT2D eigenvalue weighted by Gasteiger charge is 2.09. The SMILES string of the molecule is COc1cc(/C=C\CCCCCC/C=C\CO)cc(OC)c1O. The summed E-state index contributed by atoms with van der Waals surface area (Å²) >= 11 is 0. The number of hydrogen-bond donors (Lipinski definition) is 2. The van der Waals surface area contributed by atoms with Gasteiger partial charge >= 0.3 is 0 Å². The fourth-order valence-corrected chi connectivity index (χ4v) is 2.30. The summed E-state index contributed by atoms with van der Waals surface area (Å²) in [5, 5.41) is 18.5. The second-order valence-electron chi connectivity index (χ2n) is 5.32. The van der Waals surface area contributed by atoms with Crippen molar-refractivity contribution in [1.82, 2.24) is 0 Å². The fraction of sp³-hybridized carbons (Fsp3) is 0.474. The van der Waals surface area contributed by atoms with Crippen molar-refractivity contribution in [3.63, 3.8) is 0 Å². The lowest BCUT2D eigenvalue weighted by molar-refractivity contribution is 0.340. The van der Waals surface area contributed by atoms with E-state index in [1.165, 1.54) is 33.5 Å². The summed E-state index contributed by atoms with van der Waals surface area (Å²) in [6.45, 7) is 0.137. The number of allylic oxidation sites excluding steroid dienone is 2. The van der Waals surface area contributed by atoms with Gasteiger partial charge in [0.15, 0.2) is 11.5 Å². The second kappa shape index (κ2) is 11.6. The number of ether oxygens (including phenoxy) is 2. The number of unbranched alkanes of at least 4 members (excludes halogenated alkanes) is 5. The van der Waals surface area contributed by atoms with Gasteiger partial charge in [0, 0.05) is 0 Å². The maximum Gasteiger partial charge on any atom is 0.200 e. The van der Waals surface area contributed by atoms with E-state index in [2.05, 4.69) is 6.08 Å². The van der Waals surface area contributed by atoms with E-state index in [0.717, 1.165) is 24.8 Å². The first-order valence-corrected chi connectivity index (χ1v) is 8.10. The number of aromatic hydroxyl groups is 1. The van der Waals surface area contributed by atoms with Gasteiger partial charge in [0.1, 0.15) is 0 Å². The van der Waals surface area contributed by atoms with Crippen LogP contribution in [-0.2, 0) is 0 Å². The summed E-state index contributed by atoms with van der Waals surface area (Å²) in [5.41, 5.74) is 0.950. The number of hydrogen-bond acceptors (Lipinski definition) is 4. The van der Waals surface area contributed by atoms with E-state index in [0.29, 0.717) is 11.5 Å². The highest BCUT2D eigenvalue weighted by molar-refractivity contribution is 5.61. The van der Waals surface area contributed by atoms with E-state index < -0.39 is 0 Å². The van der Waals surface area contributed by atoms with Gasteiger partial charge in [0.2, 0.25) is 5.75 Å². The third kappa shape index (κ3) is 7.24. The maximum absolute atomic E-state index is 9.87. The highest BCUT2D eigenvalue weighted by Crippen LogP contribution is 2.37. The molecule has 1 aromatic rings. The molecule has 1 aromatic carbocycles. The van der Waals surface area contributed by atoms with Crippen LogP contribution >= 0.6 is 0 Å². The normalized spacial score (nSPS) is 11.4. The molecule has 0 heterocycles. The van der Waals surface area contributed by atoms with E-state index in [-0.39, 0.29) is 12.4 Å². The molecule has 0 unspecified atom stereocenters. The van der Waals surface area contributed by atoms with E-state index >= 15 is 0 Å². The van der Waals surface area contributed by atoms with Gasteiger partial charge < -0.3 is 19.7 Å². The second-order valence-corrected chi connectivity index (χ2v) is 5.32. The van der Waals surface area contributed by atoms with Crippen LogP contribution in [0.25, 0.3) is 6.08 Å². The molecule has 1 rings (SSSR count). The minimum absolute atomic E-state index is 0.0300. The number of benzene rings is 1. The zero-order chi connectivity index (χ0) is 16.9. The number of aliphatic hydroxyl groups is 1. The number of aliphatic hydroxyl groups excluding tert-OH is 1. The molecule has 2 N–H and O–H groups in total. The average molecular weight is 320 g/mol. The molecule has 0 bridgehead atoms. The van der Waals surface area contributed by atoms with Gasteiger partial charge in [-0.15, -0.1) is 0 Å². The first-order chi connectivity index (χ1) is 11.2. The van der Waals surface area contributed by atoms with Gasteiger partial charge in [0.05, 0.1) is 20.8 Å². The molecule has 0 saturated heterocycles. The van der Waals surface area contributed by atoms with Crippen molar-refractivity contribution >= 4 is 6.08 Å². The minimum Gasteiger partial charge on any atom is -0.502 e. The number of methoxy groups -OCH3 is 2. The monoisotopic (exact) mass is 320 g/mol. The quantitative estimate of drug-likeness (QED) is 0.471. The first kappa shape index (κ1) is 19.1. The predicted molar refractivity (Wildman–Crippen MR) is 94.2 cm³/mol. The summed E-state index contributed by atoms with van der Waals surface area (Å²) < 4.78 is 10.3. The molecule has 0 aliphatic heterocycles. The highest BCUT2D eigenvalue weighted by atomic mass is 16.5. The molecule has 23 heavy (non-hydrogen) atoms. The van der Waals surface area contributed by atoms with Crippen LogP contribution in [0.5, 0.6) is 17.2 Å². The molecule has 0 atom stereocenters. The van der Waals surface area contributed by atoms with Crippen LogP contribution in [0.15, 0.2) is 30.4 Å². The Morgan fingerprint density at radius 1 is 0.870 bits per heavy atom. The predicted octanol–water partition coefficient (Wildman–Crippen LogP) is 4.31. The van der Waals surface area contributed by atoms with Gasteiger partial charge in [-0.2, -0.15) is 0 Å². The van der Waals surface area contributed by atoms with Crippen molar-refractivity contribution in [3.8, 4) is 17.2 Å². The van der Waals surface area contributed by atoms with Crippen molar-refractivity contribution in [1.29, 1.82) is 0 Å². The van der Waals surface area contributed by atoms with Crippen molar-refractivity contribution in [2.75, 3.05) is 20.8 Å². The first-order valence-electron chi connectivity index (χ1n) is 8.10. The molecule has 128 valence electrons. The standard InChI is InChI=1S/C19H28O4/c1-22-17-14-16(15-18(23-2)19(17)21)12-10-8-6-4-3-5-7-9-11-13-20/h9-12,14-15,20-21H,3-8,13H2,1-2H3/b11-9-,12-10-. The Morgan fingerprint density at radius 3 is 1.96 bits per heavy atom. The number of phenolic OH excluding ortho intramolecular Hbond substituents is 1. The summed E-state index contributed by atoms with van der Waals surface area (Å²) in [6.07, 6.45) is 14.8. The molecule has 0 amide bonds. The number of phenols is 1. The third-order valence-electron chi connectivity index (χ3n) is 3.58. The lowest BCUT2D eigenvalue weighted by Crippen LogP contribution is -1.90. The summed E-state index contributed by atoms with van der Waals surface area (Å²) in [5.74, 6) is 0.863. The van der Waals surface area contributed by atoms with Crippen LogP contribution in [-0.4, -0.2) is 31.0 Å². The Bertz CT molecular complexity index is 481. The van der Waals surface area contributed by atoms with E-state index in [4.69, 9.17) is 14.6 Å². The van der Waals surface area contributed by atoms with Gasteiger partial charge in [-0.3, -0.25) is 0 Å². The molecule has 0 radical (unpaired) electrons. The van der Waals surface area contributed by atoms with Crippen LogP contribution < -0.4 is 9.47 Å². The van der Waals surface area contributed by atoms with Gasteiger partial charge in [-0.1, -0.05) is 37.1 Å². The molecule has 0 fully saturated rings. The molecule has 0 aliphatic rings. The summed E-state index contributed by atoms with van der Waals surface area (Å²) in [6, 6.07) is 3.59. The van der Waals surface area contributed by atoms with Crippen molar-refractivity contribution in [2.24, 2.45) is 0 Å². The molecule has 4 heteroatoms. The molecule has 4 nitrogen and oxygen atoms in total. The van der Waals surface area contributed by atoms with Crippen molar-refractivity contribution in [3.05, 3.63) is 35.9 Å². The van der Waals surface area contributed by atoms with Crippen LogP contribution in [0.3, 0.4) is 0 Å². The number of rotatable bonds is 11. The average Bonchev–Trinajstić information content (AvgIpc) is 2.57. The summed E-state index contributed by atoms with van der Waals surface area (Å²) in [7, 11) is 3.05. The Hall–Kier alpha value is -1.94. The Labute approximate surface area is 139 Å². The molecular weight excluding hydrogens is 292 g/mol. The zero-order valence-electron chi connectivity index (χ0n) is 14.1. The van der Waals surface area contributed by atoms with Crippen LogP contribution in [0, 0.1) is 0 Å². The molecule has 0 aromatic heterocycles. The van der Waals surface area contributed by atoms with Gasteiger partial charge in [-0.05, 0) is 43.4 Å². The lowest BCUT2D eigenvalue weighted by atomic mass is 10.1. The zero-order valence-corrected chi connectivity index (χ0v) is 14.1. The van der Waals surface area contributed by atoms with E-state index in [9.17, 15) is 5.11 Å². The molecular formula is C19H28O4. The van der Waals surface area contributed by atoms with Crippen LogP contribution in [0.1, 0.15) is 44.1 Å². The smallest absolute Gasteiger partial charge is 0.200 e. The minimum atomic E-state index is 0.0300. The Morgan fingerprint density at radius 2 is 1.43 bits per heavy atom. The molecule has 0 aliphatic carbocycles. The molecule has 0 saturated carbocycles. The summed E-state index contributed by atoms with van der Waals surface area (Å²) in [4.78, 5) is 0. The Kier molecular flexibility index (Phi) is 9.64. The van der Waals surface area contributed by atoms with E-state index in [1.807, 2.05) is 12.2 Å². The van der Waals surface area contributed by atoms with Crippen molar-refractivity contribution in [2.45, 2.75) is 38.5 Å². The lowest BCUT2D eigenvalue weighted by Gasteiger charge is -2.09. The fourth-order valence-electron chi connectivity index (χ4n) is 2.30. The van der Waals surface area contributed by atoms with Crippen LogP contribution in [0.2, 0.25) is 0 Å². The third-order valence-corrected chi connectivity index (χ3v) is 3.58. The topological polar surface area (TPSA) is 58.9 Å².